The molecule has 8 heteroatoms. The van der Waals surface area contributed by atoms with Crippen molar-refractivity contribution in [3.63, 3.8) is 0 Å². The van der Waals surface area contributed by atoms with Crippen LogP contribution in [-0.2, 0) is 17.8 Å². The SMILES string of the molecule is CCCC(CO)NC(=O)Cn1nc(CC)c2cc(C(F)F)ccc2c1=O. The van der Waals surface area contributed by atoms with Gasteiger partial charge in [-0.15, -0.1) is 0 Å². The fourth-order valence-electron chi connectivity index (χ4n) is 2.84. The second-order valence-electron chi connectivity index (χ2n) is 6.10. The zero-order valence-electron chi connectivity index (χ0n) is 14.8. The highest BCUT2D eigenvalue weighted by atomic mass is 19.3. The molecule has 2 N–H and O–H groups in total. The molecule has 0 saturated carbocycles. The fourth-order valence-corrected chi connectivity index (χ4v) is 2.84. The van der Waals surface area contributed by atoms with E-state index in [1.165, 1.54) is 18.2 Å². The Bertz CT molecular complexity index is 836. The standard InChI is InChI=1S/C18H23F2N3O3/c1-3-5-12(10-24)21-16(25)9-23-18(26)13-7-6-11(17(19)20)8-14(13)15(4-2)22-23/h6-8,12,17,24H,3-5,9-10H2,1-2H3,(H,21,25). The summed E-state index contributed by atoms with van der Waals surface area (Å²) >= 11 is 0. The molecule has 1 unspecified atom stereocenters. The van der Waals surface area contributed by atoms with Gasteiger partial charge >= 0.3 is 0 Å². The molecule has 0 spiro atoms. The first-order chi connectivity index (χ1) is 12.4. The van der Waals surface area contributed by atoms with Crippen LogP contribution in [0.2, 0.25) is 0 Å². The largest absolute Gasteiger partial charge is 0.394 e. The molecule has 6 nitrogen and oxygen atoms in total. The first kappa shape index (κ1) is 20.0. The predicted molar refractivity (Wildman–Crippen MR) is 94.3 cm³/mol. The monoisotopic (exact) mass is 367 g/mol. The second-order valence-corrected chi connectivity index (χ2v) is 6.10. The van der Waals surface area contributed by atoms with Crippen molar-refractivity contribution in [1.82, 2.24) is 15.1 Å². The molecular formula is C18H23F2N3O3. The van der Waals surface area contributed by atoms with Gasteiger partial charge in [0.15, 0.2) is 0 Å². The van der Waals surface area contributed by atoms with E-state index in [9.17, 15) is 23.5 Å². The Balaban J connectivity index is 2.37. The minimum absolute atomic E-state index is 0.172. The Morgan fingerprint density at radius 3 is 2.62 bits per heavy atom. The highest BCUT2D eigenvalue weighted by molar-refractivity contribution is 5.85. The van der Waals surface area contributed by atoms with Crippen molar-refractivity contribution in [2.24, 2.45) is 0 Å². The van der Waals surface area contributed by atoms with Crippen LogP contribution >= 0.6 is 0 Å². The summed E-state index contributed by atoms with van der Waals surface area (Å²) in [6.07, 6.45) is -0.781. The molecule has 0 aliphatic carbocycles. The van der Waals surface area contributed by atoms with Crippen LogP contribution < -0.4 is 10.9 Å². The van der Waals surface area contributed by atoms with Crippen molar-refractivity contribution >= 4 is 16.7 Å². The van der Waals surface area contributed by atoms with Gasteiger partial charge in [-0.1, -0.05) is 26.3 Å². The predicted octanol–water partition coefficient (Wildman–Crippen LogP) is 2.17. The highest BCUT2D eigenvalue weighted by Crippen LogP contribution is 2.23. The zero-order valence-corrected chi connectivity index (χ0v) is 14.8. The van der Waals surface area contributed by atoms with Gasteiger partial charge in [-0.2, -0.15) is 5.10 Å². The third-order valence-corrected chi connectivity index (χ3v) is 4.16. The number of hydrogen-bond acceptors (Lipinski definition) is 4. The molecule has 0 saturated heterocycles. The van der Waals surface area contributed by atoms with Gasteiger partial charge in [-0.3, -0.25) is 9.59 Å². The third-order valence-electron chi connectivity index (χ3n) is 4.16. The number of aliphatic hydroxyl groups is 1. The molecule has 2 aromatic rings. The van der Waals surface area contributed by atoms with Crippen LogP contribution in [0.3, 0.4) is 0 Å². The summed E-state index contributed by atoms with van der Waals surface area (Å²) in [6.45, 7) is 3.26. The van der Waals surface area contributed by atoms with Crippen LogP contribution in [0, 0.1) is 0 Å². The molecule has 0 bridgehead atoms. The van der Waals surface area contributed by atoms with Gasteiger partial charge in [0.2, 0.25) is 5.91 Å². The Hall–Kier alpha value is -2.35. The normalized spacial score (nSPS) is 12.5. The maximum atomic E-state index is 12.9. The fraction of sp³-hybridized carbons (Fsp3) is 0.500. The van der Waals surface area contributed by atoms with Crippen molar-refractivity contribution in [3.05, 3.63) is 39.8 Å². The average molecular weight is 367 g/mol. The van der Waals surface area contributed by atoms with Crippen LogP contribution in [0.15, 0.2) is 23.0 Å². The van der Waals surface area contributed by atoms with Crippen molar-refractivity contribution in [2.75, 3.05) is 6.61 Å². The Labute approximate surface area is 149 Å². The Morgan fingerprint density at radius 1 is 1.31 bits per heavy atom. The minimum Gasteiger partial charge on any atom is -0.394 e. The summed E-state index contributed by atoms with van der Waals surface area (Å²) in [4.78, 5) is 24.7. The van der Waals surface area contributed by atoms with Gasteiger partial charge in [0.1, 0.15) is 6.54 Å². The lowest BCUT2D eigenvalue weighted by Gasteiger charge is -2.16. The number of carbonyl (C=O) groups is 1. The summed E-state index contributed by atoms with van der Waals surface area (Å²) < 4.78 is 26.9. The summed E-state index contributed by atoms with van der Waals surface area (Å²) in [5, 5.41) is 16.7. The van der Waals surface area contributed by atoms with Crippen LogP contribution in [0.1, 0.15) is 44.4 Å². The lowest BCUT2D eigenvalue weighted by atomic mass is 10.1. The molecule has 1 atom stereocenters. The highest BCUT2D eigenvalue weighted by Gasteiger charge is 2.16. The number of aromatic nitrogens is 2. The van der Waals surface area contributed by atoms with E-state index in [2.05, 4.69) is 10.4 Å². The number of nitrogens with one attached hydrogen (secondary N) is 1. The molecule has 0 fully saturated rings. The molecule has 1 aromatic heterocycles. The van der Waals surface area contributed by atoms with E-state index in [0.29, 0.717) is 23.9 Å². The summed E-state index contributed by atoms with van der Waals surface area (Å²) in [5.74, 6) is -0.433. The minimum atomic E-state index is -2.63. The molecule has 1 amide bonds. The number of aryl methyl sites for hydroxylation is 1. The maximum Gasteiger partial charge on any atom is 0.275 e. The third kappa shape index (κ3) is 4.43. The number of alkyl halides is 2. The number of carbonyl (C=O) groups excluding carboxylic acids is 1. The first-order valence-corrected chi connectivity index (χ1v) is 8.63. The van der Waals surface area contributed by atoms with Gasteiger partial charge in [0.05, 0.1) is 23.7 Å². The van der Waals surface area contributed by atoms with Gasteiger partial charge < -0.3 is 10.4 Å². The molecule has 1 aromatic carbocycles. The number of halogens is 2. The number of hydrogen-bond donors (Lipinski definition) is 2. The lowest BCUT2D eigenvalue weighted by Crippen LogP contribution is -2.41. The summed E-state index contributed by atoms with van der Waals surface area (Å²) in [5.41, 5.74) is -0.208. The van der Waals surface area contributed by atoms with Crippen LogP contribution in [0.5, 0.6) is 0 Å². The summed E-state index contributed by atoms with van der Waals surface area (Å²) in [6, 6.07) is 3.46. The quantitative estimate of drug-likeness (QED) is 0.749. The molecular weight excluding hydrogens is 344 g/mol. The van der Waals surface area contributed by atoms with Gasteiger partial charge in [0, 0.05) is 10.9 Å². The number of nitrogens with zero attached hydrogens (tertiary/aromatic N) is 2. The van der Waals surface area contributed by atoms with Crippen molar-refractivity contribution in [3.8, 4) is 0 Å². The smallest absolute Gasteiger partial charge is 0.275 e. The molecule has 0 aliphatic heterocycles. The van der Waals surface area contributed by atoms with Crippen LogP contribution in [0.25, 0.3) is 10.8 Å². The van der Waals surface area contributed by atoms with E-state index in [-0.39, 0.29) is 30.1 Å². The Morgan fingerprint density at radius 2 is 2.04 bits per heavy atom. The first-order valence-electron chi connectivity index (χ1n) is 8.63. The average Bonchev–Trinajstić information content (AvgIpc) is 2.63. The van der Waals surface area contributed by atoms with Crippen LogP contribution in [-0.4, -0.2) is 33.4 Å². The number of amides is 1. The summed E-state index contributed by atoms with van der Waals surface area (Å²) in [7, 11) is 0. The van der Waals surface area contributed by atoms with Crippen molar-refractivity contribution in [2.45, 2.75) is 52.1 Å². The maximum absolute atomic E-state index is 12.9. The van der Waals surface area contributed by atoms with Gasteiger partial charge in [-0.25, -0.2) is 13.5 Å². The zero-order chi connectivity index (χ0) is 19.3. The lowest BCUT2D eigenvalue weighted by molar-refractivity contribution is -0.123. The van der Waals surface area contributed by atoms with E-state index in [4.69, 9.17) is 0 Å². The molecule has 0 aliphatic rings. The Kier molecular flexibility index (Phi) is 6.79. The van der Waals surface area contributed by atoms with Gasteiger partial charge in [-0.05, 0) is 25.0 Å². The van der Waals surface area contributed by atoms with Crippen molar-refractivity contribution < 1.29 is 18.7 Å². The van der Waals surface area contributed by atoms with E-state index in [1.54, 1.807) is 6.92 Å². The molecule has 142 valence electrons. The van der Waals surface area contributed by atoms with E-state index in [1.807, 2.05) is 6.92 Å². The second kappa shape index (κ2) is 8.84. The van der Waals surface area contributed by atoms with Crippen molar-refractivity contribution in [1.29, 1.82) is 0 Å². The van der Waals surface area contributed by atoms with E-state index >= 15 is 0 Å². The van der Waals surface area contributed by atoms with Gasteiger partial charge in [0.25, 0.3) is 12.0 Å². The number of aliphatic hydroxyl groups excluding tert-OH is 1. The number of rotatable bonds is 8. The number of benzene rings is 1. The molecule has 26 heavy (non-hydrogen) atoms. The van der Waals surface area contributed by atoms with E-state index < -0.39 is 17.9 Å². The molecule has 1 heterocycles. The molecule has 0 radical (unpaired) electrons. The van der Waals surface area contributed by atoms with Crippen LogP contribution in [0.4, 0.5) is 8.78 Å². The topological polar surface area (TPSA) is 84.2 Å². The molecule has 2 rings (SSSR count). The number of fused-ring (bicyclic) bond motifs is 1. The van der Waals surface area contributed by atoms with E-state index in [0.717, 1.165) is 11.1 Å².